The second kappa shape index (κ2) is 7.47. The zero-order valence-electron chi connectivity index (χ0n) is 14.3. The number of H-pyrrole nitrogens is 1. The van der Waals surface area contributed by atoms with Crippen LogP contribution >= 0.6 is 0 Å². The fourth-order valence-corrected chi connectivity index (χ4v) is 3.30. The lowest BCUT2D eigenvalue weighted by atomic mass is 9.94. The molecule has 8 heteroatoms. The van der Waals surface area contributed by atoms with E-state index in [1.54, 1.807) is 18.6 Å². The van der Waals surface area contributed by atoms with Crippen LogP contribution in [0.4, 0.5) is 0 Å². The van der Waals surface area contributed by atoms with E-state index in [1.807, 2.05) is 23.1 Å². The number of pyridine rings is 1. The molecule has 26 heavy (non-hydrogen) atoms. The van der Waals surface area contributed by atoms with Crippen molar-refractivity contribution >= 4 is 5.91 Å². The minimum absolute atomic E-state index is 0.123. The number of aromatic amines is 1. The lowest BCUT2D eigenvalue weighted by Crippen LogP contribution is -2.39. The molecule has 3 aromatic heterocycles. The van der Waals surface area contributed by atoms with E-state index in [-0.39, 0.29) is 5.91 Å². The summed E-state index contributed by atoms with van der Waals surface area (Å²) in [5.74, 6) is 1.45. The fraction of sp³-hybridized carbons (Fsp3) is 0.389. The molecule has 1 saturated heterocycles. The van der Waals surface area contributed by atoms with E-state index in [0.29, 0.717) is 30.5 Å². The van der Waals surface area contributed by atoms with Gasteiger partial charge in [0.05, 0.1) is 0 Å². The topological polar surface area (TPSA) is 101 Å². The molecule has 0 radical (unpaired) electrons. The normalized spacial score (nSPS) is 17.4. The van der Waals surface area contributed by atoms with Crippen molar-refractivity contribution in [2.45, 2.75) is 31.6 Å². The Balaban J connectivity index is 1.33. The maximum absolute atomic E-state index is 12.6. The van der Waals surface area contributed by atoms with E-state index in [9.17, 15) is 4.79 Å². The van der Waals surface area contributed by atoms with Crippen LogP contribution in [-0.4, -0.2) is 49.2 Å². The van der Waals surface area contributed by atoms with Crippen molar-refractivity contribution in [3.63, 3.8) is 0 Å². The van der Waals surface area contributed by atoms with Gasteiger partial charge in [-0.2, -0.15) is 10.1 Å². The van der Waals surface area contributed by atoms with E-state index in [0.717, 1.165) is 37.2 Å². The molecular formula is C18H20N6O2. The van der Waals surface area contributed by atoms with Crippen molar-refractivity contribution in [1.82, 2.24) is 30.2 Å². The maximum Gasteiger partial charge on any atom is 0.227 e. The second-order valence-electron chi connectivity index (χ2n) is 6.44. The summed E-state index contributed by atoms with van der Waals surface area (Å²) in [5.41, 5.74) is 1.95. The Morgan fingerprint density at radius 3 is 2.96 bits per heavy atom. The summed E-state index contributed by atoms with van der Waals surface area (Å²) in [5, 5.41) is 11.0. The number of aromatic nitrogens is 5. The molecule has 1 aliphatic rings. The van der Waals surface area contributed by atoms with Crippen molar-refractivity contribution in [2.75, 3.05) is 13.1 Å². The predicted molar refractivity (Wildman–Crippen MR) is 93.0 cm³/mol. The highest BCUT2D eigenvalue weighted by Crippen LogP contribution is 2.25. The summed E-state index contributed by atoms with van der Waals surface area (Å²) in [6, 6.07) is 5.63. The summed E-state index contributed by atoms with van der Waals surface area (Å²) in [6.07, 6.45) is 8.01. The lowest BCUT2D eigenvalue weighted by molar-refractivity contribution is -0.132. The van der Waals surface area contributed by atoms with E-state index in [4.69, 9.17) is 4.52 Å². The fourth-order valence-electron chi connectivity index (χ4n) is 3.30. The van der Waals surface area contributed by atoms with E-state index >= 15 is 0 Å². The van der Waals surface area contributed by atoms with Crippen molar-refractivity contribution in [2.24, 2.45) is 0 Å². The number of likely N-dealkylation sites (tertiary alicyclic amines) is 1. The Kier molecular flexibility index (Phi) is 4.72. The van der Waals surface area contributed by atoms with Gasteiger partial charge in [0.1, 0.15) is 0 Å². The molecule has 1 N–H and O–H groups in total. The number of carbonyl (C=O) groups is 1. The minimum atomic E-state index is 0.123. The average molecular weight is 352 g/mol. The van der Waals surface area contributed by atoms with E-state index < -0.39 is 0 Å². The number of hydrogen-bond acceptors (Lipinski definition) is 6. The Labute approximate surface area is 150 Å². The van der Waals surface area contributed by atoms with Gasteiger partial charge in [-0.3, -0.25) is 14.9 Å². The van der Waals surface area contributed by atoms with Crippen LogP contribution < -0.4 is 0 Å². The van der Waals surface area contributed by atoms with Gasteiger partial charge < -0.3 is 9.42 Å². The first-order chi connectivity index (χ1) is 12.8. The molecule has 0 saturated carbocycles. The van der Waals surface area contributed by atoms with Crippen LogP contribution in [0.15, 0.2) is 41.3 Å². The maximum atomic E-state index is 12.6. The number of nitrogens with zero attached hydrogens (tertiary/aromatic N) is 5. The first-order valence-electron chi connectivity index (χ1n) is 8.79. The molecule has 8 nitrogen and oxygen atoms in total. The van der Waals surface area contributed by atoms with Crippen molar-refractivity contribution in [1.29, 1.82) is 0 Å². The summed E-state index contributed by atoms with van der Waals surface area (Å²) in [7, 11) is 0. The van der Waals surface area contributed by atoms with E-state index in [2.05, 4.69) is 25.3 Å². The highest BCUT2D eigenvalue weighted by Gasteiger charge is 2.25. The monoisotopic (exact) mass is 352 g/mol. The molecule has 1 amide bonds. The van der Waals surface area contributed by atoms with Gasteiger partial charge in [0.25, 0.3) is 0 Å². The minimum Gasteiger partial charge on any atom is -0.342 e. The third-order valence-corrected chi connectivity index (χ3v) is 4.70. The average Bonchev–Trinajstić information content (AvgIpc) is 3.39. The summed E-state index contributed by atoms with van der Waals surface area (Å²) >= 11 is 0. The third-order valence-electron chi connectivity index (χ3n) is 4.70. The Bertz CT molecular complexity index is 846. The highest BCUT2D eigenvalue weighted by molar-refractivity contribution is 5.76. The van der Waals surface area contributed by atoms with Gasteiger partial charge in [0, 0.05) is 61.7 Å². The second-order valence-corrected chi connectivity index (χ2v) is 6.44. The molecule has 0 bridgehead atoms. The number of aryl methyl sites for hydroxylation is 1. The van der Waals surface area contributed by atoms with Gasteiger partial charge in [-0.1, -0.05) is 5.16 Å². The number of piperidine rings is 1. The number of rotatable bonds is 5. The van der Waals surface area contributed by atoms with Gasteiger partial charge in [-0.25, -0.2) is 0 Å². The largest absolute Gasteiger partial charge is 0.342 e. The summed E-state index contributed by atoms with van der Waals surface area (Å²) in [6.45, 7) is 1.53. The molecule has 134 valence electrons. The molecule has 1 atom stereocenters. The first-order valence-corrected chi connectivity index (χ1v) is 8.79. The molecule has 0 spiro atoms. The zero-order chi connectivity index (χ0) is 17.8. The van der Waals surface area contributed by atoms with Gasteiger partial charge in [0.15, 0.2) is 0 Å². The summed E-state index contributed by atoms with van der Waals surface area (Å²) < 4.78 is 5.27. The quantitative estimate of drug-likeness (QED) is 0.755. The van der Waals surface area contributed by atoms with Crippen LogP contribution in [0, 0.1) is 0 Å². The zero-order valence-corrected chi connectivity index (χ0v) is 14.3. The Morgan fingerprint density at radius 1 is 1.27 bits per heavy atom. The molecule has 0 unspecified atom stereocenters. The molecule has 4 heterocycles. The molecule has 1 fully saturated rings. The van der Waals surface area contributed by atoms with Crippen molar-refractivity contribution in [3.05, 3.63) is 48.4 Å². The van der Waals surface area contributed by atoms with Crippen LogP contribution in [0.5, 0.6) is 0 Å². The van der Waals surface area contributed by atoms with Crippen molar-refractivity contribution in [3.8, 4) is 11.4 Å². The standard InChI is InChI=1S/C18H20N6O2/c25-17(24-11-1-2-14(12-24)15-7-10-20-22-15)4-3-16-21-18(23-26-16)13-5-8-19-9-6-13/h5-10,14H,1-4,11-12H2,(H,20,22)/t14-/m1/s1. The van der Waals surface area contributed by atoms with Gasteiger partial charge in [0.2, 0.25) is 17.6 Å². The van der Waals surface area contributed by atoms with Crippen LogP contribution in [0.3, 0.4) is 0 Å². The first kappa shape index (κ1) is 16.4. The van der Waals surface area contributed by atoms with Crippen LogP contribution in [0.25, 0.3) is 11.4 Å². The van der Waals surface area contributed by atoms with Gasteiger partial charge in [-0.15, -0.1) is 0 Å². The van der Waals surface area contributed by atoms with Gasteiger partial charge in [-0.05, 0) is 31.0 Å². The Morgan fingerprint density at radius 2 is 2.15 bits per heavy atom. The molecular weight excluding hydrogens is 332 g/mol. The SMILES string of the molecule is O=C(CCc1nc(-c2ccncc2)no1)N1CCC[C@@H](c2ccn[nH]2)C1. The smallest absolute Gasteiger partial charge is 0.227 e. The van der Waals surface area contributed by atoms with Gasteiger partial charge >= 0.3 is 0 Å². The third kappa shape index (κ3) is 3.63. The molecule has 0 aromatic carbocycles. The van der Waals surface area contributed by atoms with Crippen LogP contribution in [0.1, 0.15) is 36.8 Å². The summed E-state index contributed by atoms with van der Waals surface area (Å²) in [4.78, 5) is 22.8. The molecule has 4 rings (SSSR count). The lowest BCUT2D eigenvalue weighted by Gasteiger charge is -2.32. The molecule has 0 aliphatic carbocycles. The number of carbonyl (C=O) groups excluding carboxylic acids is 1. The van der Waals surface area contributed by atoms with Crippen LogP contribution in [0.2, 0.25) is 0 Å². The van der Waals surface area contributed by atoms with Crippen LogP contribution in [-0.2, 0) is 11.2 Å². The number of nitrogens with one attached hydrogen (secondary N) is 1. The van der Waals surface area contributed by atoms with Crippen molar-refractivity contribution < 1.29 is 9.32 Å². The molecule has 1 aliphatic heterocycles. The Hall–Kier alpha value is -3.03. The van der Waals surface area contributed by atoms with E-state index in [1.165, 1.54) is 0 Å². The molecule has 3 aromatic rings. The number of hydrogen-bond donors (Lipinski definition) is 1. The predicted octanol–water partition coefficient (Wildman–Crippen LogP) is 2.19. The number of amides is 1. The highest BCUT2D eigenvalue weighted by atomic mass is 16.5.